The van der Waals surface area contributed by atoms with Gasteiger partial charge in [-0.15, -0.1) is 10.2 Å². The minimum atomic E-state index is 0.000828. The molecule has 3 rings (SSSR count). The summed E-state index contributed by atoms with van der Waals surface area (Å²) in [7, 11) is 3.39. The summed E-state index contributed by atoms with van der Waals surface area (Å²) in [6, 6.07) is 11.4. The fourth-order valence-corrected chi connectivity index (χ4v) is 3.61. The molecule has 0 saturated heterocycles. The lowest BCUT2D eigenvalue weighted by atomic mass is 10.2. The van der Waals surface area contributed by atoms with Crippen LogP contribution in [0.5, 0.6) is 5.75 Å². The van der Waals surface area contributed by atoms with E-state index in [1.807, 2.05) is 47.9 Å². The maximum absolute atomic E-state index is 12.4. The Morgan fingerprint density at radius 2 is 2.07 bits per heavy atom. The van der Waals surface area contributed by atoms with E-state index in [1.165, 1.54) is 11.8 Å². The summed E-state index contributed by atoms with van der Waals surface area (Å²) in [5.41, 5.74) is 0.877. The Labute approximate surface area is 162 Å². The van der Waals surface area contributed by atoms with Crippen LogP contribution in [0.3, 0.4) is 0 Å². The molecule has 0 atom stereocenters. The van der Waals surface area contributed by atoms with Crippen LogP contribution in [0, 0.1) is 0 Å². The Morgan fingerprint density at radius 1 is 1.26 bits per heavy atom. The maximum Gasteiger partial charge on any atom is 0.233 e. The number of hydrogen-bond donors (Lipinski definition) is 0. The summed E-state index contributed by atoms with van der Waals surface area (Å²) in [5.74, 6) is 2.51. The molecular weight excluding hydrogens is 364 g/mol. The number of thioether (sulfide) groups is 1. The summed E-state index contributed by atoms with van der Waals surface area (Å²) in [6.07, 6.45) is 1.60. The van der Waals surface area contributed by atoms with Crippen molar-refractivity contribution >= 4 is 17.7 Å². The SMILES string of the molecule is CCn1c(SCC(=O)N(C)Cc2ccco2)nnc1-c1ccccc1OC. The minimum Gasteiger partial charge on any atom is -0.496 e. The van der Waals surface area contributed by atoms with Crippen molar-refractivity contribution in [3.05, 3.63) is 48.4 Å². The molecule has 0 bridgehead atoms. The van der Waals surface area contributed by atoms with Gasteiger partial charge >= 0.3 is 0 Å². The van der Waals surface area contributed by atoms with Gasteiger partial charge in [-0.1, -0.05) is 23.9 Å². The molecule has 142 valence electrons. The molecule has 8 heteroatoms. The normalized spacial score (nSPS) is 10.8. The third-order valence-corrected chi connectivity index (χ3v) is 5.06. The van der Waals surface area contributed by atoms with E-state index < -0.39 is 0 Å². The minimum absolute atomic E-state index is 0.000828. The third-order valence-electron chi connectivity index (χ3n) is 4.10. The highest BCUT2D eigenvalue weighted by atomic mass is 32.2. The summed E-state index contributed by atoms with van der Waals surface area (Å²) < 4.78 is 12.7. The van der Waals surface area contributed by atoms with Gasteiger partial charge in [-0.3, -0.25) is 4.79 Å². The van der Waals surface area contributed by atoms with Crippen LogP contribution in [0.1, 0.15) is 12.7 Å². The Bertz CT molecular complexity index is 892. The lowest BCUT2D eigenvalue weighted by Gasteiger charge is -2.15. The number of carbonyl (C=O) groups is 1. The Morgan fingerprint density at radius 3 is 2.78 bits per heavy atom. The van der Waals surface area contributed by atoms with Gasteiger partial charge in [0.15, 0.2) is 11.0 Å². The second-order valence-electron chi connectivity index (χ2n) is 5.87. The lowest BCUT2D eigenvalue weighted by molar-refractivity contribution is -0.127. The molecule has 1 amide bonds. The summed E-state index contributed by atoms with van der Waals surface area (Å²) >= 11 is 1.38. The molecule has 0 saturated carbocycles. The summed E-state index contributed by atoms with van der Waals surface area (Å²) in [5, 5.41) is 9.31. The number of methoxy groups -OCH3 is 1. The second kappa shape index (κ2) is 8.77. The van der Waals surface area contributed by atoms with Crippen LogP contribution >= 0.6 is 11.8 Å². The van der Waals surface area contributed by atoms with Crippen LogP contribution in [0.2, 0.25) is 0 Å². The lowest BCUT2D eigenvalue weighted by Crippen LogP contribution is -2.27. The van der Waals surface area contributed by atoms with Crippen molar-refractivity contribution in [3.8, 4) is 17.1 Å². The smallest absolute Gasteiger partial charge is 0.233 e. The molecule has 0 spiro atoms. The standard InChI is InChI=1S/C19H22N4O3S/c1-4-23-18(15-9-5-6-10-16(15)25-3)20-21-19(23)27-13-17(24)22(2)12-14-8-7-11-26-14/h5-11H,4,12-13H2,1-3H3. The fourth-order valence-electron chi connectivity index (χ4n) is 2.67. The zero-order valence-corrected chi connectivity index (χ0v) is 16.4. The number of para-hydroxylation sites is 1. The number of amides is 1. The van der Waals surface area contributed by atoms with Crippen LogP contribution in [-0.2, 0) is 17.9 Å². The molecule has 0 aliphatic carbocycles. The topological polar surface area (TPSA) is 73.4 Å². The van der Waals surface area contributed by atoms with Crippen molar-refractivity contribution in [2.45, 2.75) is 25.2 Å². The Balaban J connectivity index is 1.71. The van der Waals surface area contributed by atoms with E-state index in [1.54, 1.807) is 25.3 Å². The molecule has 2 heterocycles. The van der Waals surface area contributed by atoms with E-state index in [9.17, 15) is 4.79 Å². The van der Waals surface area contributed by atoms with Gasteiger partial charge < -0.3 is 18.6 Å². The van der Waals surface area contributed by atoms with Crippen LogP contribution in [0.4, 0.5) is 0 Å². The predicted molar refractivity (Wildman–Crippen MR) is 104 cm³/mol. The van der Waals surface area contributed by atoms with Crippen molar-refractivity contribution in [1.29, 1.82) is 0 Å². The largest absolute Gasteiger partial charge is 0.496 e. The number of nitrogens with zero attached hydrogens (tertiary/aromatic N) is 4. The molecule has 0 unspecified atom stereocenters. The van der Waals surface area contributed by atoms with Crippen LogP contribution in [-0.4, -0.2) is 45.5 Å². The first kappa shape index (κ1) is 19.0. The average Bonchev–Trinajstić information content (AvgIpc) is 3.35. The highest BCUT2D eigenvalue weighted by Gasteiger charge is 2.18. The van der Waals surface area contributed by atoms with Crippen molar-refractivity contribution in [2.24, 2.45) is 0 Å². The number of aromatic nitrogens is 3. The predicted octanol–water partition coefficient (Wildman–Crippen LogP) is 3.32. The van der Waals surface area contributed by atoms with E-state index in [0.717, 1.165) is 22.9 Å². The second-order valence-corrected chi connectivity index (χ2v) is 6.81. The van der Waals surface area contributed by atoms with Gasteiger partial charge in [0.05, 0.1) is 31.2 Å². The quantitative estimate of drug-likeness (QED) is 0.553. The summed E-state index contributed by atoms with van der Waals surface area (Å²) in [4.78, 5) is 14.0. The number of carbonyl (C=O) groups excluding carboxylic acids is 1. The highest BCUT2D eigenvalue weighted by Crippen LogP contribution is 2.30. The maximum atomic E-state index is 12.4. The van der Waals surface area contributed by atoms with E-state index in [-0.39, 0.29) is 11.7 Å². The molecule has 2 aromatic heterocycles. The molecule has 0 N–H and O–H groups in total. The van der Waals surface area contributed by atoms with Crippen molar-refractivity contribution in [3.63, 3.8) is 0 Å². The molecule has 0 fully saturated rings. The first-order chi connectivity index (χ1) is 13.1. The van der Waals surface area contributed by atoms with Gasteiger partial charge in [0, 0.05) is 13.6 Å². The Kier molecular flexibility index (Phi) is 6.18. The van der Waals surface area contributed by atoms with Gasteiger partial charge in [-0.25, -0.2) is 0 Å². The molecular formula is C19H22N4O3S. The molecule has 1 aromatic carbocycles. The van der Waals surface area contributed by atoms with Gasteiger partial charge in [0.25, 0.3) is 0 Å². The monoisotopic (exact) mass is 386 g/mol. The number of hydrogen-bond acceptors (Lipinski definition) is 6. The van der Waals surface area contributed by atoms with Gasteiger partial charge in [-0.05, 0) is 31.2 Å². The van der Waals surface area contributed by atoms with Crippen molar-refractivity contribution in [1.82, 2.24) is 19.7 Å². The molecule has 0 aliphatic heterocycles. The Hall–Kier alpha value is -2.74. The van der Waals surface area contributed by atoms with Crippen LogP contribution in [0.15, 0.2) is 52.2 Å². The van der Waals surface area contributed by atoms with Crippen molar-refractivity contribution < 1.29 is 13.9 Å². The van der Waals surface area contributed by atoms with Gasteiger partial charge in [0.1, 0.15) is 11.5 Å². The van der Waals surface area contributed by atoms with Crippen LogP contribution in [0.25, 0.3) is 11.4 Å². The first-order valence-corrected chi connectivity index (χ1v) is 9.58. The molecule has 3 aromatic rings. The third kappa shape index (κ3) is 4.33. The average molecular weight is 386 g/mol. The molecule has 0 radical (unpaired) electrons. The number of rotatable bonds is 8. The van der Waals surface area contributed by atoms with Gasteiger partial charge in [0.2, 0.25) is 5.91 Å². The van der Waals surface area contributed by atoms with E-state index in [2.05, 4.69) is 10.2 Å². The zero-order chi connectivity index (χ0) is 19.2. The first-order valence-electron chi connectivity index (χ1n) is 8.59. The molecule has 27 heavy (non-hydrogen) atoms. The number of ether oxygens (including phenoxy) is 1. The van der Waals surface area contributed by atoms with E-state index >= 15 is 0 Å². The molecule has 0 aliphatic rings. The molecule has 7 nitrogen and oxygen atoms in total. The highest BCUT2D eigenvalue weighted by molar-refractivity contribution is 7.99. The van der Waals surface area contributed by atoms with E-state index in [4.69, 9.17) is 9.15 Å². The fraction of sp³-hybridized carbons (Fsp3) is 0.316. The van der Waals surface area contributed by atoms with Crippen molar-refractivity contribution in [2.75, 3.05) is 19.9 Å². The number of furan rings is 1. The van der Waals surface area contributed by atoms with Gasteiger partial charge in [-0.2, -0.15) is 0 Å². The van der Waals surface area contributed by atoms with E-state index in [0.29, 0.717) is 18.2 Å². The van der Waals surface area contributed by atoms with Crippen LogP contribution < -0.4 is 4.74 Å². The number of benzene rings is 1. The zero-order valence-electron chi connectivity index (χ0n) is 15.6. The summed E-state index contributed by atoms with van der Waals surface area (Å²) in [6.45, 7) is 3.16.